The van der Waals surface area contributed by atoms with E-state index in [1.807, 2.05) is 12.1 Å². The van der Waals surface area contributed by atoms with Gasteiger partial charge in [-0.2, -0.15) is 0 Å². The largest absolute Gasteiger partial charge is 0.508 e. The lowest BCUT2D eigenvalue weighted by molar-refractivity contribution is 0.0977. The monoisotopic (exact) mass is 583 g/mol. The van der Waals surface area contributed by atoms with Crippen molar-refractivity contribution in [3.8, 4) is 11.5 Å². The molecule has 0 heterocycles. The Morgan fingerprint density at radius 3 is 2.22 bits per heavy atom. The second kappa shape index (κ2) is 16.5. The molecule has 3 aromatic carbocycles. The molecule has 10 heteroatoms. The lowest BCUT2D eigenvalue weighted by Crippen LogP contribution is -2.29. The third-order valence-corrected chi connectivity index (χ3v) is 7.87. The molecule has 3 aromatic rings. The summed E-state index contributed by atoms with van der Waals surface area (Å²) in [6, 6.07) is 19.3. The van der Waals surface area contributed by atoms with E-state index >= 15 is 0 Å². The maximum Gasteiger partial charge on any atom is 0.319 e. The highest BCUT2D eigenvalue weighted by Gasteiger charge is 2.14. The Morgan fingerprint density at radius 1 is 0.854 bits per heavy atom. The fourth-order valence-electron chi connectivity index (χ4n) is 4.13. The van der Waals surface area contributed by atoms with E-state index in [0.717, 1.165) is 50.5 Å². The number of aliphatic hydroxyl groups excluding tert-OH is 1. The van der Waals surface area contributed by atoms with Crippen LogP contribution in [0.4, 0.5) is 16.2 Å². The topological polar surface area (TPSA) is 137 Å². The molecule has 222 valence electrons. The number of aromatic hydroxyl groups is 1. The summed E-state index contributed by atoms with van der Waals surface area (Å²) < 4.78 is 33.8. The van der Waals surface area contributed by atoms with E-state index in [2.05, 4.69) is 22.3 Å². The Hall–Kier alpha value is -3.76. The Kier molecular flexibility index (Phi) is 12.8. The van der Waals surface area contributed by atoms with E-state index in [1.54, 1.807) is 36.4 Å². The average Bonchev–Trinajstić information content (AvgIpc) is 2.96. The predicted molar refractivity (Wildman–Crippen MR) is 162 cm³/mol. The summed E-state index contributed by atoms with van der Waals surface area (Å²) in [6.45, 7) is 2.92. The van der Waals surface area contributed by atoms with Crippen LogP contribution in [0.3, 0.4) is 0 Å². The molecule has 0 bridgehead atoms. The Balaban J connectivity index is 1.37. The maximum atomic E-state index is 12.8. The number of aryl methyl sites for hydroxylation is 1. The second-order valence-electron chi connectivity index (χ2n) is 9.97. The molecule has 0 spiro atoms. The molecule has 0 aliphatic heterocycles. The van der Waals surface area contributed by atoms with E-state index in [-0.39, 0.29) is 23.3 Å². The van der Waals surface area contributed by atoms with Gasteiger partial charge in [-0.15, -0.1) is 0 Å². The van der Waals surface area contributed by atoms with E-state index in [9.17, 15) is 23.4 Å². The number of phenols is 1. The van der Waals surface area contributed by atoms with Crippen LogP contribution in [0.1, 0.15) is 57.4 Å². The van der Waals surface area contributed by atoms with Crippen LogP contribution in [0.2, 0.25) is 0 Å². The van der Waals surface area contributed by atoms with E-state index in [4.69, 9.17) is 4.74 Å². The number of anilines is 2. The van der Waals surface area contributed by atoms with Crippen LogP contribution in [0.5, 0.6) is 11.5 Å². The highest BCUT2D eigenvalue weighted by atomic mass is 32.2. The number of carbonyl (C=O) groups is 1. The van der Waals surface area contributed by atoms with Crippen LogP contribution in [0.15, 0.2) is 77.7 Å². The molecule has 1 atom stereocenters. The minimum absolute atomic E-state index is 0.0973. The van der Waals surface area contributed by atoms with Gasteiger partial charge < -0.3 is 25.6 Å². The van der Waals surface area contributed by atoms with Gasteiger partial charge in [0.1, 0.15) is 18.1 Å². The first-order chi connectivity index (χ1) is 19.7. The fraction of sp³-hybridized carbons (Fsp3) is 0.387. The van der Waals surface area contributed by atoms with Crippen LogP contribution >= 0.6 is 0 Å². The highest BCUT2D eigenvalue weighted by molar-refractivity contribution is 7.92. The molecule has 0 saturated heterocycles. The number of carbonyl (C=O) groups excluding carboxylic acids is 1. The molecule has 0 unspecified atom stereocenters. The zero-order chi connectivity index (χ0) is 29.5. The molecule has 0 radical (unpaired) electrons. The van der Waals surface area contributed by atoms with E-state index < -0.39 is 16.1 Å². The predicted octanol–water partition coefficient (Wildman–Crippen LogP) is 6.05. The lowest BCUT2D eigenvalue weighted by Gasteiger charge is -2.12. The molecule has 0 aliphatic rings. The number of urea groups is 1. The Morgan fingerprint density at radius 2 is 1.54 bits per heavy atom. The van der Waals surface area contributed by atoms with Gasteiger partial charge in [-0.3, -0.25) is 4.72 Å². The summed E-state index contributed by atoms with van der Waals surface area (Å²) in [4.78, 5) is 12.1. The SMILES string of the molecule is CCCCCCNC(=O)Nc1ccc(S(=O)(=O)Nc2ccc(CCCC[C@H](O)COc3ccc(O)cc3)cc2)cc1. The minimum Gasteiger partial charge on any atom is -0.508 e. The summed E-state index contributed by atoms with van der Waals surface area (Å²) >= 11 is 0. The van der Waals surface area contributed by atoms with Crippen molar-refractivity contribution in [1.29, 1.82) is 0 Å². The molecular weight excluding hydrogens is 542 g/mol. The number of unbranched alkanes of at least 4 members (excludes halogenated alkanes) is 4. The number of ether oxygens (including phenoxy) is 1. The molecule has 41 heavy (non-hydrogen) atoms. The van der Waals surface area contributed by atoms with E-state index in [1.165, 1.54) is 24.3 Å². The standard InChI is InChI=1S/C31H41N3O6S/c1-2-3-4-7-22-32-31(37)33-25-14-20-30(21-15-25)41(38,39)34-26-12-10-24(11-13-26)8-5-6-9-28(36)23-40-29-18-16-27(35)17-19-29/h10-21,28,34-36H,2-9,22-23H2,1H3,(H2,32,33,37)/t28-/m0/s1. The molecule has 2 amide bonds. The van der Waals surface area contributed by atoms with Crippen LogP contribution in [0, 0.1) is 0 Å². The van der Waals surface area contributed by atoms with Gasteiger partial charge in [0.05, 0.1) is 11.0 Å². The Bertz CT molecular complexity index is 1300. The quantitative estimate of drug-likeness (QED) is 0.123. The first kappa shape index (κ1) is 31.8. The molecule has 9 nitrogen and oxygen atoms in total. The molecule has 0 saturated carbocycles. The summed E-state index contributed by atoms with van der Waals surface area (Å²) in [5.41, 5.74) is 2.04. The first-order valence-electron chi connectivity index (χ1n) is 14.1. The molecular formula is C31H41N3O6S. The highest BCUT2D eigenvalue weighted by Crippen LogP contribution is 2.20. The van der Waals surface area contributed by atoms with Crippen molar-refractivity contribution < 1.29 is 28.2 Å². The normalized spacial score (nSPS) is 12.0. The number of benzene rings is 3. The molecule has 0 aromatic heterocycles. The van der Waals surface area contributed by atoms with Gasteiger partial charge in [-0.25, -0.2) is 13.2 Å². The van der Waals surface area contributed by atoms with Crippen molar-refractivity contribution in [2.24, 2.45) is 0 Å². The van der Waals surface area contributed by atoms with Gasteiger partial charge in [-0.05, 0) is 91.9 Å². The summed E-state index contributed by atoms with van der Waals surface area (Å²) in [7, 11) is -3.78. The minimum atomic E-state index is -3.78. The summed E-state index contributed by atoms with van der Waals surface area (Å²) in [5, 5.41) is 25.0. The summed E-state index contributed by atoms with van der Waals surface area (Å²) in [5.74, 6) is 0.761. The van der Waals surface area contributed by atoms with Crippen molar-refractivity contribution in [1.82, 2.24) is 5.32 Å². The number of rotatable bonds is 17. The molecule has 3 rings (SSSR count). The number of nitrogens with one attached hydrogen (secondary N) is 3. The summed E-state index contributed by atoms with van der Waals surface area (Å²) in [6.07, 6.45) is 6.80. The molecule has 5 N–H and O–H groups in total. The molecule has 0 aliphatic carbocycles. The second-order valence-corrected chi connectivity index (χ2v) is 11.7. The third-order valence-electron chi connectivity index (χ3n) is 6.48. The number of hydrogen-bond donors (Lipinski definition) is 5. The number of amides is 2. The maximum absolute atomic E-state index is 12.8. The Labute approximate surface area is 243 Å². The smallest absolute Gasteiger partial charge is 0.319 e. The lowest BCUT2D eigenvalue weighted by atomic mass is 10.1. The van der Waals surface area contributed by atoms with Gasteiger partial charge >= 0.3 is 6.03 Å². The van der Waals surface area contributed by atoms with Crippen LogP contribution in [-0.4, -0.2) is 43.9 Å². The van der Waals surface area contributed by atoms with Crippen LogP contribution in [-0.2, 0) is 16.4 Å². The van der Waals surface area contributed by atoms with Gasteiger partial charge in [0.15, 0.2) is 0 Å². The fourth-order valence-corrected chi connectivity index (χ4v) is 5.19. The van der Waals surface area contributed by atoms with Gasteiger partial charge in [0.25, 0.3) is 10.0 Å². The van der Waals surface area contributed by atoms with Gasteiger partial charge in [0, 0.05) is 17.9 Å². The van der Waals surface area contributed by atoms with Crippen LogP contribution in [0.25, 0.3) is 0 Å². The van der Waals surface area contributed by atoms with Gasteiger partial charge in [-0.1, -0.05) is 44.7 Å². The van der Waals surface area contributed by atoms with Crippen molar-refractivity contribution in [2.45, 2.75) is 69.3 Å². The third kappa shape index (κ3) is 11.7. The van der Waals surface area contributed by atoms with Crippen molar-refractivity contribution >= 4 is 27.4 Å². The zero-order valence-electron chi connectivity index (χ0n) is 23.5. The molecule has 0 fully saturated rings. The average molecular weight is 584 g/mol. The van der Waals surface area contributed by atoms with Crippen LogP contribution < -0.4 is 20.1 Å². The number of hydrogen-bond acceptors (Lipinski definition) is 6. The number of phenolic OH excluding ortho intramolecular Hbond substituents is 1. The van der Waals surface area contributed by atoms with E-state index in [0.29, 0.717) is 30.1 Å². The van der Waals surface area contributed by atoms with Crippen molar-refractivity contribution in [3.63, 3.8) is 0 Å². The number of aliphatic hydroxyl groups is 1. The van der Waals surface area contributed by atoms with Crippen molar-refractivity contribution in [3.05, 3.63) is 78.4 Å². The van der Waals surface area contributed by atoms with Crippen molar-refractivity contribution in [2.75, 3.05) is 23.2 Å². The first-order valence-corrected chi connectivity index (χ1v) is 15.6. The van der Waals surface area contributed by atoms with Gasteiger partial charge in [0.2, 0.25) is 0 Å². The number of sulfonamides is 1. The zero-order valence-corrected chi connectivity index (χ0v) is 24.3.